The molecular weight excluding hydrogens is 306 g/mol. The van der Waals surface area contributed by atoms with Gasteiger partial charge in [0.1, 0.15) is 0 Å². The van der Waals surface area contributed by atoms with Crippen molar-refractivity contribution in [3.05, 3.63) is 60.0 Å². The highest BCUT2D eigenvalue weighted by Gasteiger charge is 2.07. The van der Waals surface area contributed by atoms with E-state index in [4.69, 9.17) is 9.78 Å². The molecule has 0 saturated heterocycles. The molecule has 118 valence electrons. The lowest BCUT2D eigenvalue weighted by molar-refractivity contribution is 0.262. The van der Waals surface area contributed by atoms with E-state index >= 15 is 0 Å². The van der Waals surface area contributed by atoms with Gasteiger partial charge in [-0.05, 0) is 42.5 Å². The number of benzene rings is 2. The fourth-order valence-electron chi connectivity index (χ4n) is 2.08. The smallest absolute Gasteiger partial charge is 0.323 e. The standard InChI is InChI=1S/C17H13N5O2/c1-11-19-16(22-24-11)13-5-7-14(8-6-13)20-17(23)21-15-4-2-3-12(9-15)10-18/h2-9H,1H3,(H2,20,21,23). The summed E-state index contributed by atoms with van der Waals surface area (Å²) in [5.74, 6) is 0.989. The number of carbonyl (C=O) groups excluding carboxylic acids is 1. The molecule has 0 atom stereocenters. The van der Waals surface area contributed by atoms with E-state index in [9.17, 15) is 4.79 Å². The summed E-state index contributed by atoms with van der Waals surface area (Å²) in [4.78, 5) is 16.1. The zero-order valence-electron chi connectivity index (χ0n) is 12.8. The van der Waals surface area contributed by atoms with Crippen LogP contribution in [-0.4, -0.2) is 16.2 Å². The van der Waals surface area contributed by atoms with Crippen molar-refractivity contribution in [3.63, 3.8) is 0 Å². The van der Waals surface area contributed by atoms with E-state index in [1.165, 1.54) is 0 Å². The van der Waals surface area contributed by atoms with Crippen LogP contribution in [0.4, 0.5) is 16.2 Å². The number of anilines is 2. The van der Waals surface area contributed by atoms with Gasteiger partial charge in [-0.3, -0.25) is 0 Å². The molecule has 0 aliphatic rings. The third kappa shape index (κ3) is 3.56. The van der Waals surface area contributed by atoms with E-state index < -0.39 is 6.03 Å². The summed E-state index contributed by atoms with van der Waals surface area (Å²) in [6.07, 6.45) is 0. The SMILES string of the molecule is Cc1nc(-c2ccc(NC(=O)Nc3cccc(C#N)c3)cc2)no1. The number of carbonyl (C=O) groups is 1. The van der Waals surface area contributed by atoms with Gasteiger partial charge >= 0.3 is 6.03 Å². The highest BCUT2D eigenvalue weighted by atomic mass is 16.5. The number of hydrogen-bond donors (Lipinski definition) is 2. The summed E-state index contributed by atoms with van der Waals surface area (Å²) in [5, 5.41) is 18.1. The van der Waals surface area contributed by atoms with Crippen molar-refractivity contribution in [2.45, 2.75) is 6.92 Å². The highest BCUT2D eigenvalue weighted by Crippen LogP contribution is 2.19. The molecule has 2 N–H and O–H groups in total. The van der Waals surface area contributed by atoms with Crippen LogP contribution < -0.4 is 10.6 Å². The summed E-state index contributed by atoms with van der Waals surface area (Å²) in [7, 11) is 0. The van der Waals surface area contributed by atoms with Crippen molar-refractivity contribution in [2.75, 3.05) is 10.6 Å². The molecule has 0 saturated carbocycles. The molecule has 3 aromatic rings. The summed E-state index contributed by atoms with van der Waals surface area (Å²) in [6, 6.07) is 15.4. The number of aryl methyl sites for hydroxylation is 1. The van der Waals surface area contributed by atoms with E-state index in [0.29, 0.717) is 28.7 Å². The Morgan fingerprint density at radius 1 is 1.12 bits per heavy atom. The first-order valence-electron chi connectivity index (χ1n) is 7.13. The first-order valence-corrected chi connectivity index (χ1v) is 7.13. The number of nitrogens with zero attached hydrogens (tertiary/aromatic N) is 3. The van der Waals surface area contributed by atoms with Gasteiger partial charge in [-0.1, -0.05) is 11.2 Å². The second kappa shape index (κ2) is 6.62. The fourth-order valence-corrected chi connectivity index (χ4v) is 2.08. The Kier molecular flexibility index (Phi) is 4.21. The van der Waals surface area contributed by atoms with Gasteiger partial charge in [-0.2, -0.15) is 10.2 Å². The van der Waals surface area contributed by atoms with Crippen LogP contribution in [0.3, 0.4) is 0 Å². The Balaban J connectivity index is 1.65. The molecular formula is C17H13N5O2. The molecule has 0 fully saturated rings. The quantitative estimate of drug-likeness (QED) is 0.768. The predicted octanol–water partition coefficient (Wildman–Crippen LogP) is 3.56. The lowest BCUT2D eigenvalue weighted by Gasteiger charge is -2.08. The van der Waals surface area contributed by atoms with Crippen LogP contribution in [0.2, 0.25) is 0 Å². The van der Waals surface area contributed by atoms with Crippen molar-refractivity contribution < 1.29 is 9.32 Å². The molecule has 1 heterocycles. The molecule has 2 amide bonds. The van der Waals surface area contributed by atoms with Crippen molar-refractivity contribution >= 4 is 17.4 Å². The minimum atomic E-state index is -0.395. The number of nitriles is 1. The zero-order chi connectivity index (χ0) is 16.9. The van der Waals surface area contributed by atoms with Crippen LogP contribution in [0, 0.1) is 18.3 Å². The minimum Gasteiger partial charge on any atom is -0.339 e. The second-order valence-electron chi connectivity index (χ2n) is 4.99. The van der Waals surface area contributed by atoms with Gasteiger partial charge in [0.25, 0.3) is 0 Å². The summed E-state index contributed by atoms with van der Waals surface area (Å²) >= 11 is 0. The fraction of sp³-hybridized carbons (Fsp3) is 0.0588. The Morgan fingerprint density at radius 2 is 1.88 bits per heavy atom. The van der Waals surface area contributed by atoms with Gasteiger partial charge < -0.3 is 15.2 Å². The van der Waals surface area contributed by atoms with E-state index in [1.54, 1.807) is 55.5 Å². The van der Waals surface area contributed by atoms with Crippen molar-refractivity contribution in [1.82, 2.24) is 10.1 Å². The zero-order valence-corrected chi connectivity index (χ0v) is 12.8. The number of hydrogen-bond acceptors (Lipinski definition) is 5. The number of aromatic nitrogens is 2. The maximum atomic E-state index is 12.0. The first kappa shape index (κ1) is 15.2. The number of urea groups is 1. The molecule has 3 rings (SSSR count). The van der Waals surface area contributed by atoms with Gasteiger partial charge in [-0.15, -0.1) is 0 Å². The normalized spacial score (nSPS) is 10.0. The van der Waals surface area contributed by atoms with Crippen molar-refractivity contribution in [1.29, 1.82) is 5.26 Å². The molecule has 0 radical (unpaired) electrons. The van der Waals surface area contributed by atoms with Crippen LogP contribution in [0.25, 0.3) is 11.4 Å². The third-order valence-corrected chi connectivity index (χ3v) is 3.18. The lowest BCUT2D eigenvalue weighted by Crippen LogP contribution is -2.19. The molecule has 0 spiro atoms. The van der Waals surface area contributed by atoms with Gasteiger partial charge in [0.15, 0.2) is 0 Å². The van der Waals surface area contributed by atoms with Crippen LogP contribution in [0.15, 0.2) is 53.1 Å². The van der Waals surface area contributed by atoms with Crippen LogP contribution >= 0.6 is 0 Å². The first-order chi connectivity index (χ1) is 11.6. The number of rotatable bonds is 3. The van der Waals surface area contributed by atoms with Gasteiger partial charge in [0.05, 0.1) is 11.6 Å². The monoisotopic (exact) mass is 319 g/mol. The van der Waals surface area contributed by atoms with Gasteiger partial charge in [0.2, 0.25) is 11.7 Å². The largest absolute Gasteiger partial charge is 0.339 e. The van der Waals surface area contributed by atoms with E-state index in [1.807, 2.05) is 6.07 Å². The Bertz CT molecular complexity index is 909. The molecule has 7 nitrogen and oxygen atoms in total. The van der Waals surface area contributed by atoms with Crippen LogP contribution in [-0.2, 0) is 0 Å². The predicted molar refractivity (Wildman–Crippen MR) is 88.3 cm³/mol. The molecule has 0 aliphatic carbocycles. The third-order valence-electron chi connectivity index (χ3n) is 3.18. The molecule has 2 aromatic carbocycles. The topological polar surface area (TPSA) is 104 Å². The van der Waals surface area contributed by atoms with Crippen molar-refractivity contribution in [3.8, 4) is 17.5 Å². The van der Waals surface area contributed by atoms with Gasteiger partial charge in [0, 0.05) is 23.9 Å². The molecule has 0 aliphatic heterocycles. The molecule has 0 unspecified atom stereocenters. The Hall–Kier alpha value is -3.66. The summed E-state index contributed by atoms with van der Waals surface area (Å²) in [6.45, 7) is 1.72. The minimum absolute atomic E-state index is 0.395. The van der Waals surface area contributed by atoms with Crippen molar-refractivity contribution in [2.24, 2.45) is 0 Å². The Morgan fingerprint density at radius 3 is 2.54 bits per heavy atom. The molecule has 1 aromatic heterocycles. The van der Waals surface area contributed by atoms with Crippen LogP contribution in [0.1, 0.15) is 11.5 Å². The molecule has 24 heavy (non-hydrogen) atoms. The maximum absolute atomic E-state index is 12.0. The molecule has 7 heteroatoms. The second-order valence-corrected chi connectivity index (χ2v) is 4.99. The molecule has 0 bridgehead atoms. The number of nitrogens with one attached hydrogen (secondary N) is 2. The average molecular weight is 319 g/mol. The number of amides is 2. The van der Waals surface area contributed by atoms with Gasteiger partial charge in [-0.25, -0.2) is 4.79 Å². The lowest BCUT2D eigenvalue weighted by atomic mass is 10.2. The van der Waals surface area contributed by atoms with E-state index in [2.05, 4.69) is 20.8 Å². The van der Waals surface area contributed by atoms with Crippen LogP contribution in [0.5, 0.6) is 0 Å². The van der Waals surface area contributed by atoms with E-state index in [0.717, 1.165) is 5.56 Å². The average Bonchev–Trinajstić information content (AvgIpc) is 3.02. The maximum Gasteiger partial charge on any atom is 0.323 e. The summed E-state index contributed by atoms with van der Waals surface area (Å²) in [5.41, 5.74) is 2.44. The Labute approximate surface area is 137 Å². The summed E-state index contributed by atoms with van der Waals surface area (Å²) < 4.78 is 4.94. The highest BCUT2D eigenvalue weighted by molar-refractivity contribution is 5.99. The van der Waals surface area contributed by atoms with E-state index in [-0.39, 0.29) is 0 Å².